The average Bonchev–Trinajstić information content (AvgIpc) is 3.66. The first-order valence-electron chi connectivity index (χ1n) is 25.2. The maximum absolute atomic E-state index is 12.7. The molecule has 8 rings (SSSR count). The van der Waals surface area contributed by atoms with Crippen molar-refractivity contribution in [2.45, 2.75) is 157 Å². The van der Waals surface area contributed by atoms with Crippen molar-refractivity contribution in [3.63, 3.8) is 0 Å². The SMILES string of the molecule is CC(C)(C)c1ccc(-c2ccnc(-c3[c-]c(-c4cccc5c4nc(-c4cc(C(C)(C)C)cc(C(C)(C)C)c4O)n5-c4ccc(C(C)(C)C)cc4-c4ccc(C(C)(C)C)cc4)cc(C(C)(C)C)c3)c2)cc1.[Pt]. The van der Waals surface area contributed by atoms with E-state index in [1.807, 2.05) is 6.20 Å². The van der Waals surface area contributed by atoms with E-state index in [0.717, 1.165) is 72.5 Å². The van der Waals surface area contributed by atoms with Gasteiger partial charge in [0.05, 0.1) is 22.3 Å². The Morgan fingerprint density at radius 1 is 0.437 bits per heavy atom. The molecule has 8 aromatic rings. The van der Waals surface area contributed by atoms with Gasteiger partial charge in [0.1, 0.15) is 11.6 Å². The minimum absolute atomic E-state index is 0. The number of rotatable bonds is 6. The molecular formula is C66H76N3OPt-. The summed E-state index contributed by atoms with van der Waals surface area (Å²) in [6, 6.07) is 48.4. The van der Waals surface area contributed by atoms with E-state index in [0.29, 0.717) is 11.4 Å². The molecule has 4 nitrogen and oxygen atoms in total. The van der Waals surface area contributed by atoms with Gasteiger partial charge in [-0.1, -0.05) is 215 Å². The van der Waals surface area contributed by atoms with Crippen LogP contribution in [-0.4, -0.2) is 19.6 Å². The van der Waals surface area contributed by atoms with Crippen molar-refractivity contribution < 1.29 is 26.2 Å². The number of imidazole rings is 1. The minimum atomic E-state index is -0.337. The van der Waals surface area contributed by atoms with E-state index in [9.17, 15) is 5.11 Å². The van der Waals surface area contributed by atoms with Crippen LogP contribution >= 0.6 is 0 Å². The van der Waals surface area contributed by atoms with Crippen molar-refractivity contribution in [3.05, 3.63) is 167 Å². The molecule has 0 fully saturated rings. The monoisotopic (exact) mass is 1120 g/mol. The maximum atomic E-state index is 12.7. The van der Waals surface area contributed by atoms with E-state index in [1.165, 1.54) is 22.3 Å². The largest absolute Gasteiger partial charge is 0.507 e. The van der Waals surface area contributed by atoms with E-state index in [1.54, 1.807) is 0 Å². The molecule has 0 aliphatic heterocycles. The molecule has 0 saturated carbocycles. The van der Waals surface area contributed by atoms with Gasteiger partial charge in [-0.15, -0.1) is 29.3 Å². The van der Waals surface area contributed by atoms with Crippen molar-refractivity contribution in [1.29, 1.82) is 0 Å². The smallest absolute Gasteiger partial charge is 0.148 e. The number of benzene rings is 6. The number of hydrogen-bond donors (Lipinski definition) is 1. The van der Waals surface area contributed by atoms with Crippen LogP contribution in [0.25, 0.3) is 72.7 Å². The van der Waals surface area contributed by atoms with Crippen LogP contribution in [0.5, 0.6) is 5.75 Å². The van der Waals surface area contributed by atoms with Crippen molar-refractivity contribution in [3.8, 4) is 67.5 Å². The molecule has 2 aromatic heterocycles. The Kier molecular flexibility index (Phi) is 14.1. The van der Waals surface area contributed by atoms with Crippen LogP contribution in [0.4, 0.5) is 0 Å². The third-order valence-electron chi connectivity index (χ3n) is 14.0. The van der Waals surface area contributed by atoms with Crippen LogP contribution in [0, 0.1) is 6.07 Å². The second-order valence-corrected chi connectivity index (χ2v) is 25.9. The summed E-state index contributed by atoms with van der Waals surface area (Å²) in [5, 5.41) is 12.7. The third-order valence-corrected chi connectivity index (χ3v) is 14.0. The first kappa shape index (κ1) is 53.2. The summed E-state index contributed by atoms with van der Waals surface area (Å²) in [5.74, 6) is 0.940. The third kappa shape index (κ3) is 11.0. The topological polar surface area (TPSA) is 50.9 Å². The van der Waals surface area contributed by atoms with Crippen molar-refractivity contribution in [2.24, 2.45) is 0 Å². The molecule has 0 atom stereocenters. The molecule has 0 aliphatic rings. The molecule has 0 unspecified atom stereocenters. The number of hydrogen-bond acceptors (Lipinski definition) is 3. The number of phenols is 1. The molecule has 0 amide bonds. The number of nitrogens with zero attached hydrogens (tertiary/aromatic N) is 3. The molecular weight excluding hydrogens is 1050 g/mol. The Bertz CT molecular complexity index is 3240. The van der Waals surface area contributed by atoms with Crippen LogP contribution < -0.4 is 0 Å². The Morgan fingerprint density at radius 3 is 1.49 bits per heavy atom. The van der Waals surface area contributed by atoms with Gasteiger partial charge in [-0.05, 0) is 102 Å². The maximum Gasteiger partial charge on any atom is 0.148 e. The van der Waals surface area contributed by atoms with Gasteiger partial charge in [-0.2, -0.15) is 0 Å². The summed E-state index contributed by atoms with van der Waals surface area (Å²) in [6.07, 6.45) is 1.91. The summed E-state index contributed by atoms with van der Waals surface area (Å²) < 4.78 is 2.30. The number of phenolic OH excluding ortho intramolecular Hbond substituents is 1. The first-order valence-corrected chi connectivity index (χ1v) is 25.2. The molecule has 372 valence electrons. The van der Waals surface area contributed by atoms with Gasteiger partial charge in [0, 0.05) is 44.1 Å². The van der Waals surface area contributed by atoms with E-state index < -0.39 is 0 Å². The van der Waals surface area contributed by atoms with Crippen LogP contribution in [0.1, 0.15) is 158 Å². The average molecular weight is 1120 g/mol. The van der Waals surface area contributed by atoms with Gasteiger partial charge in [-0.3, -0.25) is 9.55 Å². The fraction of sp³-hybridized carbons (Fsp3) is 0.364. The number of fused-ring (bicyclic) bond motifs is 1. The normalized spacial score (nSPS) is 12.9. The standard InChI is InChI=1S/C66H76N3O.Pt/c1-61(2,3)46-26-22-41(23-27-46)43-32-33-67-55(37-43)45-34-44(35-49(36-45)64(10,11)12)51-20-19-21-57-58(51)68-60(53-39-50(65(13,14)15)40-54(59(53)70)66(16,17)18)69(57)56-31-30-48(63(7,8)9)38-52(56)42-24-28-47(29-25-42)62(4,5)6;/h19-33,35-40,70H,1-18H3;/q-1;. The molecule has 0 saturated heterocycles. The van der Waals surface area contributed by atoms with Crippen LogP contribution in [0.3, 0.4) is 0 Å². The van der Waals surface area contributed by atoms with Gasteiger partial charge in [-0.25, -0.2) is 4.98 Å². The molecule has 2 heterocycles. The summed E-state index contributed by atoms with van der Waals surface area (Å²) in [6.45, 7) is 40.4. The van der Waals surface area contributed by atoms with Gasteiger partial charge in [0.25, 0.3) is 0 Å². The second-order valence-electron chi connectivity index (χ2n) is 25.9. The molecule has 71 heavy (non-hydrogen) atoms. The fourth-order valence-corrected chi connectivity index (χ4v) is 9.34. The van der Waals surface area contributed by atoms with Gasteiger partial charge < -0.3 is 5.11 Å². The summed E-state index contributed by atoms with van der Waals surface area (Å²) in [5.41, 5.74) is 18.0. The Balaban J connectivity index is 0.00000741. The van der Waals surface area contributed by atoms with Crippen LogP contribution in [0.15, 0.2) is 128 Å². The fourth-order valence-electron chi connectivity index (χ4n) is 9.34. The number of aromatic nitrogens is 3. The molecule has 0 bridgehead atoms. The zero-order valence-electron chi connectivity index (χ0n) is 45.7. The number of pyridine rings is 1. The molecule has 1 N–H and O–H groups in total. The minimum Gasteiger partial charge on any atom is -0.507 e. The van der Waals surface area contributed by atoms with E-state index in [-0.39, 0.29) is 59.3 Å². The van der Waals surface area contributed by atoms with Gasteiger partial charge in [0.15, 0.2) is 0 Å². The van der Waals surface area contributed by atoms with Gasteiger partial charge >= 0.3 is 0 Å². The molecule has 0 aliphatic carbocycles. The quantitative estimate of drug-likeness (QED) is 0.169. The van der Waals surface area contributed by atoms with Crippen LogP contribution in [0.2, 0.25) is 0 Å². The Hall–Kier alpha value is -5.57. The van der Waals surface area contributed by atoms with Crippen molar-refractivity contribution in [2.75, 3.05) is 0 Å². The number of aromatic hydroxyl groups is 1. The predicted octanol–water partition coefficient (Wildman–Crippen LogP) is 18.0. The Labute approximate surface area is 440 Å². The summed E-state index contributed by atoms with van der Waals surface area (Å²) in [7, 11) is 0. The zero-order valence-corrected chi connectivity index (χ0v) is 48.0. The summed E-state index contributed by atoms with van der Waals surface area (Å²) in [4.78, 5) is 10.7. The number of para-hydroxylation sites is 1. The van der Waals surface area contributed by atoms with Crippen LogP contribution in [-0.2, 0) is 53.6 Å². The van der Waals surface area contributed by atoms with E-state index >= 15 is 0 Å². The van der Waals surface area contributed by atoms with E-state index in [2.05, 4.69) is 257 Å². The molecule has 0 spiro atoms. The zero-order chi connectivity index (χ0) is 51.1. The van der Waals surface area contributed by atoms with Gasteiger partial charge in [0.2, 0.25) is 0 Å². The van der Waals surface area contributed by atoms with Crippen molar-refractivity contribution in [1.82, 2.24) is 14.5 Å². The Morgan fingerprint density at radius 2 is 0.944 bits per heavy atom. The first-order chi connectivity index (χ1) is 32.4. The summed E-state index contributed by atoms with van der Waals surface area (Å²) >= 11 is 0. The van der Waals surface area contributed by atoms with Crippen molar-refractivity contribution >= 4 is 11.0 Å². The molecule has 6 aromatic carbocycles. The predicted molar refractivity (Wildman–Crippen MR) is 299 cm³/mol. The second kappa shape index (κ2) is 18.8. The molecule has 5 heteroatoms. The molecule has 0 radical (unpaired) electrons. The van der Waals surface area contributed by atoms with E-state index in [4.69, 9.17) is 9.97 Å².